The number of nitrogens with zero attached hydrogens (tertiary/aromatic N) is 4. The van der Waals surface area contributed by atoms with E-state index in [0.717, 1.165) is 59.6 Å². The number of hydrogen-bond donors (Lipinski definition) is 8. The Labute approximate surface area is 452 Å². The molecule has 21 nitrogen and oxygen atoms in total. The Morgan fingerprint density at radius 3 is 2.32 bits per heavy atom. The van der Waals surface area contributed by atoms with E-state index in [9.17, 15) is 43.8 Å². The molecule has 8 N–H and O–H groups in total. The van der Waals surface area contributed by atoms with Gasteiger partial charge in [-0.05, 0) is 88.6 Å². The van der Waals surface area contributed by atoms with Gasteiger partial charge in [0.1, 0.15) is 55.2 Å². The van der Waals surface area contributed by atoms with E-state index >= 15 is 0 Å². The number of aliphatic hydroxyl groups excluding tert-OH is 2. The summed E-state index contributed by atoms with van der Waals surface area (Å²) in [6, 6.07) is 5.24. The van der Waals surface area contributed by atoms with Gasteiger partial charge in [-0.2, -0.15) is 0 Å². The third-order valence-corrected chi connectivity index (χ3v) is 15.2. The standard InChI is InChI=1S/C53H75IN10O11/c1-11-21-53(54,22-12-2)37-25-41(67)64(51(37)72)23-20-39(65)60-42(30(5)6)49(71)57-32(8)48(70)58-35-18-16-34(17-19-35)27-74-52(73)63(10)26-40(66)61-43-33(9)75-50(45(69)44(43)68)62-47-36-24-38(59-46(36)55-28-56-47)31(7)15-13-14-29(3)4/h14,16-19,24,28,30,32-33,37,42-45,50,68-69H,7,11-13,15,20-23,25-27H2,1-6,8-10H3,(H,57,71)(H,58,70)(H,60,65)(H,61,66)(H2,55,56,59,62)/t32-,33-,37?,42-,43-,44+,45+,50-/m0/s1. The molecule has 1 unspecified atom stereocenters. The van der Waals surface area contributed by atoms with Crippen LogP contribution in [-0.4, -0.2) is 143 Å². The number of aromatic amines is 1. The Morgan fingerprint density at radius 1 is 1.00 bits per heavy atom. The second kappa shape index (κ2) is 27.2. The van der Waals surface area contributed by atoms with Gasteiger partial charge in [0.25, 0.3) is 0 Å². The molecule has 7 amide bonds. The second-order valence-corrected chi connectivity index (χ2v) is 22.3. The van der Waals surface area contributed by atoms with Crippen molar-refractivity contribution in [3.05, 3.63) is 66.1 Å². The average Bonchev–Trinajstić information content (AvgIpc) is 3.93. The summed E-state index contributed by atoms with van der Waals surface area (Å²) in [6.45, 7) is 18.3. The lowest BCUT2D eigenvalue weighted by Crippen LogP contribution is -2.64. The van der Waals surface area contributed by atoms with E-state index in [-0.39, 0.29) is 47.1 Å². The van der Waals surface area contributed by atoms with E-state index in [1.807, 2.05) is 19.9 Å². The number of aromatic nitrogens is 3. The van der Waals surface area contributed by atoms with Crippen molar-refractivity contribution in [1.29, 1.82) is 0 Å². The number of nitrogens with one attached hydrogen (secondary N) is 6. The summed E-state index contributed by atoms with van der Waals surface area (Å²) in [4.78, 5) is 106. The minimum atomic E-state index is -1.49. The smallest absolute Gasteiger partial charge is 0.410 e. The number of fused-ring (bicyclic) bond motifs is 1. The van der Waals surface area contributed by atoms with Gasteiger partial charge in [-0.25, -0.2) is 14.8 Å². The zero-order valence-electron chi connectivity index (χ0n) is 44.5. The number of rotatable bonds is 25. The molecule has 75 heavy (non-hydrogen) atoms. The number of hydrogen-bond acceptors (Lipinski definition) is 14. The first-order valence-electron chi connectivity index (χ1n) is 25.6. The zero-order chi connectivity index (χ0) is 55.3. The van der Waals surface area contributed by atoms with E-state index in [2.05, 4.69) is 90.6 Å². The van der Waals surface area contributed by atoms with Gasteiger partial charge < -0.3 is 56.2 Å². The number of ether oxygens (including phenoxy) is 2. The number of likely N-dealkylation sites (tertiary alicyclic amines) is 1. The fourth-order valence-electron chi connectivity index (χ4n) is 9.13. The summed E-state index contributed by atoms with van der Waals surface area (Å²) in [7, 11) is 1.37. The lowest BCUT2D eigenvalue weighted by molar-refractivity contribution is -0.172. The topological polar surface area (TPSA) is 287 Å². The number of likely N-dealkylation sites (N-methyl/N-ethyl adjacent to an activating group) is 1. The molecule has 2 saturated heterocycles. The molecule has 22 heteroatoms. The molecule has 0 saturated carbocycles. The van der Waals surface area contributed by atoms with Crippen molar-refractivity contribution in [3.63, 3.8) is 0 Å². The molecule has 2 aliphatic heterocycles. The highest BCUT2D eigenvalue weighted by Crippen LogP contribution is 2.43. The number of carbonyl (C=O) groups is 7. The van der Waals surface area contributed by atoms with Crippen LogP contribution in [0.4, 0.5) is 16.3 Å². The Kier molecular flexibility index (Phi) is 21.7. The maximum atomic E-state index is 13.4. The molecule has 4 heterocycles. The minimum Gasteiger partial charge on any atom is -0.445 e. The van der Waals surface area contributed by atoms with Crippen molar-refractivity contribution in [3.8, 4) is 0 Å². The molecule has 8 atom stereocenters. The van der Waals surface area contributed by atoms with Crippen LogP contribution in [0.25, 0.3) is 16.6 Å². The SMILES string of the molecule is C=C(CCC=C(C)C)c1cc2c(N[C@H]3O[C@@H](C)[C@H](NC(=O)CN(C)C(=O)OCc4ccc(NC(=O)[C@H](C)NC(=O)[C@@H](NC(=O)CCN5C(=O)CC(C(I)(CCC)CCC)C5=O)C(C)C)cc4)[C@@H](O)[C@H]3O)ncnc2[nH]1. The Balaban J connectivity index is 1.03. The van der Waals surface area contributed by atoms with Crippen molar-refractivity contribution in [2.24, 2.45) is 11.8 Å². The fraction of sp³-hybridized carbons (Fsp3) is 0.566. The predicted octanol–water partition coefficient (Wildman–Crippen LogP) is 5.47. The third-order valence-electron chi connectivity index (χ3n) is 13.4. The Morgan fingerprint density at radius 2 is 1.68 bits per heavy atom. The van der Waals surface area contributed by atoms with E-state index in [0.29, 0.717) is 28.1 Å². The largest absolute Gasteiger partial charge is 0.445 e. The molecule has 410 valence electrons. The number of aliphatic hydroxyl groups is 2. The monoisotopic (exact) mass is 1150 g/mol. The van der Waals surface area contributed by atoms with Gasteiger partial charge in [0, 0.05) is 41.2 Å². The van der Waals surface area contributed by atoms with Crippen LogP contribution in [0.1, 0.15) is 118 Å². The van der Waals surface area contributed by atoms with Crippen molar-refractivity contribution in [1.82, 2.24) is 40.7 Å². The first-order valence-corrected chi connectivity index (χ1v) is 26.7. The molecule has 0 radical (unpaired) electrons. The summed E-state index contributed by atoms with van der Waals surface area (Å²) in [5.41, 5.74) is 4.41. The van der Waals surface area contributed by atoms with E-state index in [1.165, 1.54) is 25.9 Å². The number of halogens is 1. The molecule has 0 bridgehead atoms. The quantitative estimate of drug-likeness (QED) is 0.0226. The van der Waals surface area contributed by atoms with E-state index in [4.69, 9.17) is 9.47 Å². The predicted molar refractivity (Wildman–Crippen MR) is 292 cm³/mol. The number of alkyl halides is 1. The van der Waals surface area contributed by atoms with Crippen LogP contribution in [0.15, 0.2) is 54.9 Å². The maximum absolute atomic E-state index is 13.4. The second-order valence-electron chi connectivity index (χ2n) is 20.1. The number of amides is 7. The van der Waals surface area contributed by atoms with Gasteiger partial charge >= 0.3 is 6.09 Å². The normalized spacial score (nSPS) is 20.5. The molecule has 2 fully saturated rings. The molecule has 2 aliphatic rings. The van der Waals surface area contributed by atoms with Crippen LogP contribution in [0.3, 0.4) is 0 Å². The molecule has 2 aromatic heterocycles. The maximum Gasteiger partial charge on any atom is 0.410 e. The van der Waals surface area contributed by atoms with Gasteiger partial charge in [0.05, 0.1) is 23.4 Å². The van der Waals surface area contributed by atoms with Crippen LogP contribution >= 0.6 is 22.6 Å². The summed E-state index contributed by atoms with van der Waals surface area (Å²) in [5, 5.41) is 36.7. The number of anilines is 2. The first-order chi connectivity index (χ1) is 35.5. The molecular weight excluding hydrogens is 1080 g/mol. The van der Waals surface area contributed by atoms with Gasteiger partial charge in [-0.3, -0.25) is 33.7 Å². The Bertz CT molecular complexity index is 2560. The summed E-state index contributed by atoms with van der Waals surface area (Å²) in [5.74, 6) is -3.27. The average molecular weight is 1160 g/mol. The molecule has 0 spiro atoms. The number of allylic oxidation sites excluding steroid dienone is 3. The molecule has 1 aromatic carbocycles. The van der Waals surface area contributed by atoms with Gasteiger partial charge in [-0.1, -0.05) is 93.5 Å². The van der Waals surface area contributed by atoms with Crippen LogP contribution in [0, 0.1) is 11.8 Å². The summed E-state index contributed by atoms with van der Waals surface area (Å²) >= 11 is 2.33. The number of benzene rings is 1. The van der Waals surface area contributed by atoms with Crippen molar-refractivity contribution < 1.29 is 53.2 Å². The first kappa shape index (κ1) is 59.9. The van der Waals surface area contributed by atoms with Gasteiger partial charge in [-0.15, -0.1) is 0 Å². The number of carbonyl (C=O) groups excluding carboxylic acids is 7. The van der Waals surface area contributed by atoms with E-state index in [1.54, 1.807) is 45.0 Å². The van der Waals surface area contributed by atoms with Crippen LogP contribution in [-0.2, 0) is 44.8 Å². The number of H-pyrrole nitrogens is 1. The molecule has 3 aromatic rings. The van der Waals surface area contributed by atoms with Crippen LogP contribution < -0.4 is 26.6 Å². The summed E-state index contributed by atoms with van der Waals surface area (Å²) < 4.78 is 11.1. The summed E-state index contributed by atoms with van der Waals surface area (Å²) in [6.07, 6.45) is 2.75. The zero-order valence-corrected chi connectivity index (χ0v) is 46.6. The molecule has 0 aliphatic carbocycles. The minimum absolute atomic E-state index is 0.0913. The van der Waals surface area contributed by atoms with Crippen LogP contribution in [0.5, 0.6) is 0 Å². The Hall–Kier alpha value is -5.98. The van der Waals surface area contributed by atoms with Crippen molar-refractivity contribution in [2.75, 3.05) is 30.8 Å². The van der Waals surface area contributed by atoms with Crippen molar-refractivity contribution in [2.45, 2.75) is 159 Å². The highest BCUT2D eigenvalue weighted by Gasteiger charge is 2.49. The van der Waals surface area contributed by atoms with Gasteiger partial charge in [0.15, 0.2) is 6.23 Å². The lowest BCUT2D eigenvalue weighted by atomic mass is 9.84. The third kappa shape index (κ3) is 16.0. The highest BCUT2D eigenvalue weighted by molar-refractivity contribution is 14.1. The molecule has 5 rings (SSSR count). The molecular formula is C53H75IN10O11. The van der Waals surface area contributed by atoms with E-state index < -0.39 is 84.8 Å². The van der Waals surface area contributed by atoms with Gasteiger partial charge in [0.2, 0.25) is 35.4 Å². The number of imide groups is 1. The fourth-order valence-corrected chi connectivity index (χ4v) is 10.7. The highest BCUT2D eigenvalue weighted by atomic mass is 127. The van der Waals surface area contributed by atoms with Crippen LogP contribution in [0.2, 0.25) is 0 Å². The van der Waals surface area contributed by atoms with Crippen molar-refractivity contribution >= 4 is 92.2 Å². The lowest BCUT2D eigenvalue weighted by Gasteiger charge is -2.42.